The number of rotatable bonds is 4. The highest BCUT2D eigenvalue weighted by Crippen LogP contribution is 2.19. The number of ether oxygens (including phenoxy) is 1. The van der Waals surface area contributed by atoms with Gasteiger partial charge in [0.05, 0.1) is 12.7 Å². The van der Waals surface area contributed by atoms with Gasteiger partial charge in [-0.25, -0.2) is 4.79 Å². The van der Waals surface area contributed by atoms with E-state index in [2.05, 4.69) is 0 Å². The molecule has 0 saturated carbocycles. The summed E-state index contributed by atoms with van der Waals surface area (Å²) in [7, 11) is 1.43. The third-order valence-electron chi connectivity index (χ3n) is 1.99. The maximum atomic E-state index is 11.0. The molecule has 0 atom stereocenters. The van der Waals surface area contributed by atoms with Crippen LogP contribution in [0.1, 0.15) is 11.1 Å². The van der Waals surface area contributed by atoms with E-state index in [1.54, 1.807) is 6.07 Å². The highest BCUT2D eigenvalue weighted by Gasteiger charge is 2.13. The molecule has 1 N–H and O–H groups in total. The van der Waals surface area contributed by atoms with E-state index in [0.29, 0.717) is 11.3 Å². The van der Waals surface area contributed by atoms with Gasteiger partial charge in [-0.3, -0.25) is 4.79 Å². The van der Waals surface area contributed by atoms with Crippen molar-refractivity contribution in [2.75, 3.05) is 7.11 Å². The van der Waals surface area contributed by atoms with Crippen LogP contribution in [0.25, 0.3) is 0 Å². The third kappa shape index (κ3) is 2.58. The van der Waals surface area contributed by atoms with E-state index in [1.807, 2.05) is 6.07 Å². The number of carboxylic acid groups (broad SMARTS) is 1. The van der Waals surface area contributed by atoms with Crippen molar-refractivity contribution in [2.45, 2.75) is 6.42 Å². The van der Waals surface area contributed by atoms with E-state index < -0.39 is 11.8 Å². The molecule has 0 unspecified atom stereocenters. The fourth-order valence-electron chi connectivity index (χ4n) is 1.21. The molecule has 0 amide bonds. The standard InChI is InChI=1S/C11H9NO4/c1-16-10-3-2-7(4-8(10)6-12)5-9(13)11(14)15/h2-4H,5H2,1H3,(H,14,15). The second-order valence-electron chi connectivity index (χ2n) is 3.05. The van der Waals surface area contributed by atoms with Gasteiger partial charge >= 0.3 is 5.97 Å². The van der Waals surface area contributed by atoms with Gasteiger partial charge in [-0.05, 0) is 17.7 Å². The minimum absolute atomic E-state index is 0.228. The number of Topliss-reactive ketones (excluding diaryl/α,β-unsaturated/α-hetero) is 1. The van der Waals surface area contributed by atoms with Gasteiger partial charge in [-0.2, -0.15) is 5.26 Å². The Balaban J connectivity index is 2.97. The highest BCUT2D eigenvalue weighted by atomic mass is 16.5. The SMILES string of the molecule is COc1ccc(CC(=O)C(=O)O)cc1C#N. The Labute approximate surface area is 91.9 Å². The van der Waals surface area contributed by atoms with Crippen molar-refractivity contribution in [3.8, 4) is 11.8 Å². The highest BCUT2D eigenvalue weighted by molar-refractivity contribution is 6.33. The van der Waals surface area contributed by atoms with Crippen molar-refractivity contribution in [1.29, 1.82) is 5.26 Å². The normalized spacial score (nSPS) is 9.25. The Morgan fingerprint density at radius 1 is 1.50 bits per heavy atom. The smallest absolute Gasteiger partial charge is 0.372 e. The lowest BCUT2D eigenvalue weighted by atomic mass is 10.1. The largest absolute Gasteiger partial charge is 0.495 e. The van der Waals surface area contributed by atoms with E-state index in [-0.39, 0.29) is 12.0 Å². The Bertz CT molecular complexity index is 473. The molecule has 0 aromatic heterocycles. The van der Waals surface area contributed by atoms with Gasteiger partial charge in [-0.15, -0.1) is 0 Å². The molecule has 0 aliphatic carbocycles. The maximum Gasteiger partial charge on any atom is 0.372 e. The first-order chi connectivity index (χ1) is 7.58. The molecule has 5 heteroatoms. The van der Waals surface area contributed by atoms with Gasteiger partial charge in [0.1, 0.15) is 11.8 Å². The average Bonchev–Trinajstić information content (AvgIpc) is 2.28. The summed E-state index contributed by atoms with van der Waals surface area (Å²) in [5.74, 6) is -1.99. The molecular weight excluding hydrogens is 210 g/mol. The van der Waals surface area contributed by atoms with Crippen molar-refractivity contribution in [2.24, 2.45) is 0 Å². The Morgan fingerprint density at radius 2 is 2.19 bits per heavy atom. The minimum atomic E-state index is -1.48. The van der Waals surface area contributed by atoms with Crippen LogP contribution in [-0.4, -0.2) is 24.0 Å². The lowest BCUT2D eigenvalue weighted by Crippen LogP contribution is -2.15. The molecule has 1 aromatic rings. The van der Waals surface area contributed by atoms with E-state index in [9.17, 15) is 9.59 Å². The van der Waals surface area contributed by atoms with Crippen LogP contribution < -0.4 is 4.74 Å². The summed E-state index contributed by atoms with van der Waals surface area (Å²) >= 11 is 0. The van der Waals surface area contributed by atoms with Crippen molar-refractivity contribution in [3.63, 3.8) is 0 Å². The number of carboxylic acids is 1. The van der Waals surface area contributed by atoms with Gasteiger partial charge in [0.15, 0.2) is 0 Å². The fourth-order valence-corrected chi connectivity index (χ4v) is 1.21. The van der Waals surface area contributed by atoms with Crippen LogP contribution >= 0.6 is 0 Å². The molecule has 0 fully saturated rings. The lowest BCUT2D eigenvalue weighted by Gasteiger charge is -2.04. The molecule has 16 heavy (non-hydrogen) atoms. The molecule has 5 nitrogen and oxygen atoms in total. The lowest BCUT2D eigenvalue weighted by molar-refractivity contribution is -0.148. The number of nitriles is 1. The maximum absolute atomic E-state index is 11.0. The van der Waals surface area contributed by atoms with Crippen molar-refractivity contribution < 1.29 is 19.4 Å². The number of benzene rings is 1. The molecule has 1 rings (SSSR count). The summed E-state index contributed by atoms with van der Waals surface area (Å²) in [6.45, 7) is 0. The van der Waals surface area contributed by atoms with Crippen LogP contribution in [-0.2, 0) is 16.0 Å². The summed E-state index contributed by atoms with van der Waals surface area (Å²) in [6.07, 6.45) is -0.228. The van der Waals surface area contributed by atoms with Crippen LogP contribution in [0.4, 0.5) is 0 Å². The summed E-state index contributed by atoms with van der Waals surface area (Å²) in [5.41, 5.74) is 0.753. The number of nitrogens with zero attached hydrogens (tertiary/aromatic N) is 1. The number of aliphatic carboxylic acids is 1. The summed E-state index contributed by atoms with van der Waals surface area (Å²) in [4.78, 5) is 21.3. The molecule has 0 saturated heterocycles. The first-order valence-corrected chi connectivity index (χ1v) is 4.41. The number of hydrogen-bond donors (Lipinski definition) is 1. The van der Waals surface area contributed by atoms with Crippen LogP contribution in [0.15, 0.2) is 18.2 Å². The zero-order valence-corrected chi connectivity index (χ0v) is 8.56. The molecule has 82 valence electrons. The summed E-state index contributed by atoms with van der Waals surface area (Å²) in [6, 6.07) is 6.44. The number of carbonyl (C=O) groups is 2. The van der Waals surface area contributed by atoms with Crippen LogP contribution in [0.3, 0.4) is 0 Å². The summed E-state index contributed by atoms with van der Waals surface area (Å²) < 4.78 is 4.92. The second-order valence-corrected chi connectivity index (χ2v) is 3.05. The second kappa shape index (κ2) is 4.94. The van der Waals surface area contributed by atoms with Crippen LogP contribution in [0, 0.1) is 11.3 Å². The van der Waals surface area contributed by atoms with Gasteiger partial charge < -0.3 is 9.84 Å². The average molecular weight is 219 g/mol. The van der Waals surface area contributed by atoms with Gasteiger partial charge in [0, 0.05) is 6.42 Å². The van der Waals surface area contributed by atoms with Crippen molar-refractivity contribution >= 4 is 11.8 Å². The summed E-state index contributed by atoms with van der Waals surface area (Å²) in [5, 5.41) is 17.2. The molecular formula is C11H9NO4. The molecule has 0 aliphatic heterocycles. The monoisotopic (exact) mass is 219 g/mol. The Hall–Kier alpha value is -2.35. The topological polar surface area (TPSA) is 87.4 Å². The molecule has 0 aliphatic rings. The third-order valence-corrected chi connectivity index (χ3v) is 1.99. The number of methoxy groups -OCH3 is 1. The van der Waals surface area contributed by atoms with Crippen molar-refractivity contribution in [3.05, 3.63) is 29.3 Å². The number of hydrogen-bond acceptors (Lipinski definition) is 4. The van der Waals surface area contributed by atoms with E-state index in [1.165, 1.54) is 19.2 Å². The van der Waals surface area contributed by atoms with Crippen LogP contribution in [0.5, 0.6) is 5.75 Å². The minimum Gasteiger partial charge on any atom is -0.495 e. The van der Waals surface area contributed by atoms with Gasteiger partial charge in [0.2, 0.25) is 5.78 Å². The molecule has 0 radical (unpaired) electrons. The van der Waals surface area contributed by atoms with E-state index in [0.717, 1.165) is 0 Å². The predicted octanol–water partition coefficient (Wildman–Crippen LogP) is 0.763. The first-order valence-electron chi connectivity index (χ1n) is 4.41. The first kappa shape index (κ1) is 11.7. The number of carbonyl (C=O) groups excluding carboxylic acids is 1. The van der Waals surface area contributed by atoms with E-state index in [4.69, 9.17) is 15.1 Å². The van der Waals surface area contributed by atoms with Gasteiger partial charge in [-0.1, -0.05) is 6.07 Å². The number of ketones is 1. The van der Waals surface area contributed by atoms with Crippen LogP contribution in [0.2, 0.25) is 0 Å². The predicted molar refractivity (Wildman–Crippen MR) is 54.1 cm³/mol. The molecule has 0 heterocycles. The van der Waals surface area contributed by atoms with E-state index >= 15 is 0 Å². The molecule has 0 spiro atoms. The van der Waals surface area contributed by atoms with Gasteiger partial charge in [0.25, 0.3) is 0 Å². The zero-order valence-electron chi connectivity index (χ0n) is 8.56. The fraction of sp³-hybridized carbons (Fsp3) is 0.182. The molecule has 0 bridgehead atoms. The van der Waals surface area contributed by atoms with Crippen molar-refractivity contribution in [1.82, 2.24) is 0 Å². The Kier molecular flexibility index (Phi) is 3.62. The zero-order chi connectivity index (χ0) is 12.1. The Morgan fingerprint density at radius 3 is 2.69 bits per heavy atom. The molecule has 1 aromatic carbocycles. The quantitative estimate of drug-likeness (QED) is 0.755.